The van der Waals surface area contributed by atoms with Crippen molar-refractivity contribution < 1.29 is 9.84 Å². The van der Waals surface area contributed by atoms with Crippen molar-refractivity contribution in [3.8, 4) is 5.75 Å². The first kappa shape index (κ1) is 18.0. The molecule has 1 saturated carbocycles. The van der Waals surface area contributed by atoms with Gasteiger partial charge in [-0.1, -0.05) is 6.07 Å². The van der Waals surface area contributed by atoms with Crippen molar-refractivity contribution in [1.82, 2.24) is 10.2 Å². The van der Waals surface area contributed by atoms with Gasteiger partial charge in [0.2, 0.25) is 0 Å². The Morgan fingerprint density at radius 2 is 2.07 bits per heavy atom. The van der Waals surface area contributed by atoms with Gasteiger partial charge in [-0.15, -0.1) is 0 Å². The van der Waals surface area contributed by atoms with E-state index in [-0.39, 0.29) is 17.0 Å². The van der Waals surface area contributed by atoms with Crippen molar-refractivity contribution in [2.75, 3.05) is 26.7 Å². The highest BCUT2D eigenvalue weighted by Crippen LogP contribution is 2.57. The van der Waals surface area contributed by atoms with Crippen molar-refractivity contribution in [1.29, 1.82) is 0 Å². The molecule has 27 heavy (non-hydrogen) atoms. The summed E-state index contributed by atoms with van der Waals surface area (Å²) < 4.78 is 5.57. The van der Waals surface area contributed by atoms with Gasteiger partial charge < -0.3 is 15.2 Å². The maximum atomic E-state index is 12.5. The molecular formula is C23H34N2O2. The molecule has 1 aromatic rings. The maximum absolute atomic E-state index is 12.5. The van der Waals surface area contributed by atoms with Crippen molar-refractivity contribution in [3.05, 3.63) is 29.3 Å². The van der Waals surface area contributed by atoms with Crippen molar-refractivity contribution in [2.45, 2.75) is 75.0 Å². The number of nitrogens with zero attached hydrogens (tertiary/aromatic N) is 1. The molecule has 4 heteroatoms. The van der Waals surface area contributed by atoms with Crippen molar-refractivity contribution >= 4 is 0 Å². The summed E-state index contributed by atoms with van der Waals surface area (Å²) in [6, 6.07) is 6.81. The van der Waals surface area contributed by atoms with Gasteiger partial charge in [0.05, 0.1) is 12.7 Å². The van der Waals surface area contributed by atoms with Gasteiger partial charge in [-0.25, -0.2) is 0 Å². The Morgan fingerprint density at radius 1 is 1.26 bits per heavy atom. The number of hydrogen-bond donors (Lipinski definition) is 2. The second kappa shape index (κ2) is 5.95. The number of benzene rings is 1. The van der Waals surface area contributed by atoms with Crippen LogP contribution in [0.3, 0.4) is 0 Å². The third-order valence-electron chi connectivity index (χ3n) is 7.95. The quantitative estimate of drug-likeness (QED) is 0.859. The minimum Gasteiger partial charge on any atom is -0.497 e. The zero-order chi connectivity index (χ0) is 18.9. The van der Waals surface area contributed by atoms with Gasteiger partial charge in [0.25, 0.3) is 0 Å². The van der Waals surface area contributed by atoms with Crippen LogP contribution in [0.4, 0.5) is 0 Å². The number of hydrogen-bond acceptors (Lipinski definition) is 4. The van der Waals surface area contributed by atoms with E-state index in [9.17, 15) is 5.11 Å². The number of aliphatic hydroxyl groups is 1. The van der Waals surface area contributed by atoms with E-state index in [4.69, 9.17) is 4.74 Å². The van der Waals surface area contributed by atoms with E-state index in [1.54, 1.807) is 7.11 Å². The molecule has 0 radical (unpaired) electrons. The molecule has 2 saturated heterocycles. The number of ether oxygens (including phenoxy) is 1. The monoisotopic (exact) mass is 370 g/mol. The normalized spacial score (nSPS) is 37.9. The first-order valence-electron chi connectivity index (χ1n) is 10.8. The van der Waals surface area contributed by atoms with Crippen molar-refractivity contribution in [3.63, 3.8) is 0 Å². The summed E-state index contributed by atoms with van der Waals surface area (Å²) in [4.78, 5) is 2.64. The molecule has 0 spiro atoms. The predicted octanol–water partition coefficient (Wildman–Crippen LogP) is 2.87. The summed E-state index contributed by atoms with van der Waals surface area (Å²) >= 11 is 0. The van der Waals surface area contributed by atoms with Crippen LogP contribution >= 0.6 is 0 Å². The molecule has 148 valence electrons. The number of fused-ring (bicyclic) bond motifs is 1. The molecule has 2 heterocycles. The molecule has 1 aromatic carbocycles. The molecule has 2 N–H and O–H groups in total. The number of rotatable bonds is 3. The van der Waals surface area contributed by atoms with E-state index < -0.39 is 5.60 Å². The lowest BCUT2D eigenvalue weighted by Crippen LogP contribution is -2.72. The summed E-state index contributed by atoms with van der Waals surface area (Å²) in [6.45, 7) is 7.75. The summed E-state index contributed by atoms with van der Waals surface area (Å²) in [5.41, 5.74) is 1.87. The van der Waals surface area contributed by atoms with Gasteiger partial charge in [-0.3, -0.25) is 4.90 Å². The average Bonchev–Trinajstić information content (AvgIpc) is 3.43. The first-order chi connectivity index (χ1) is 12.9. The van der Waals surface area contributed by atoms with Crippen LogP contribution in [0.15, 0.2) is 18.2 Å². The molecule has 4 aliphatic rings. The van der Waals surface area contributed by atoms with Gasteiger partial charge in [-0.2, -0.15) is 0 Å². The summed E-state index contributed by atoms with van der Waals surface area (Å²) in [7, 11) is 1.74. The lowest BCUT2D eigenvalue weighted by atomic mass is 9.51. The summed E-state index contributed by atoms with van der Waals surface area (Å²) in [6.07, 6.45) is 6.55. The first-order valence-corrected chi connectivity index (χ1v) is 10.8. The Balaban J connectivity index is 1.66. The molecule has 2 bridgehead atoms. The van der Waals surface area contributed by atoms with E-state index in [1.807, 2.05) is 0 Å². The van der Waals surface area contributed by atoms with Gasteiger partial charge in [0, 0.05) is 23.5 Å². The average molecular weight is 371 g/mol. The fraction of sp³-hybridized carbons (Fsp3) is 0.739. The highest BCUT2D eigenvalue weighted by molar-refractivity contribution is 5.48. The Labute approximate surface area is 163 Å². The summed E-state index contributed by atoms with van der Waals surface area (Å²) in [5.74, 6) is 1.77. The Bertz CT molecular complexity index is 744. The Morgan fingerprint density at radius 3 is 2.81 bits per heavy atom. The second-order valence-corrected chi connectivity index (χ2v) is 10.2. The Hall–Kier alpha value is -1.10. The minimum atomic E-state index is -0.688. The van der Waals surface area contributed by atoms with Crippen LogP contribution in [0.25, 0.3) is 0 Å². The highest BCUT2D eigenvalue weighted by atomic mass is 16.5. The van der Waals surface area contributed by atoms with E-state index in [2.05, 4.69) is 42.3 Å². The number of nitrogens with one attached hydrogen (secondary N) is 1. The van der Waals surface area contributed by atoms with Crippen LogP contribution in [0.1, 0.15) is 57.1 Å². The Kier molecular flexibility index (Phi) is 3.96. The van der Waals surface area contributed by atoms with Gasteiger partial charge in [-0.05, 0) is 94.6 Å². The fourth-order valence-electron chi connectivity index (χ4n) is 6.47. The largest absolute Gasteiger partial charge is 0.497 e. The van der Waals surface area contributed by atoms with E-state index in [0.29, 0.717) is 0 Å². The molecule has 2 aliphatic carbocycles. The third-order valence-corrected chi connectivity index (χ3v) is 7.95. The lowest BCUT2D eigenvalue weighted by molar-refractivity contribution is -0.156. The molecule has 5 rings (SSSR count). The SMILES string of the molecule is COc1ccc2c(c1)C13CCNC(C)(C)CC1(O)C(C2)N(CC1CC1)CC3. The lowest BCUT2D eigenvalue weighted by Gasteiger charge is -2.62. The van der Waals surface area contributed by atoms with Crippen LogP contribution in [0, 0.1) is 5.92 Å². The molecule has 3 atom stereocenters. The smallest absolute Gasteiger partial charge is 0.119 e. The van der Waals surface area contributed by atoms with Gasteiger partial charge in [0.1, 0.15) is 5.75 Å². The fourth-order valence-corrected chi connectivity index (χ4v) is 6.47. The van der Waals surface area contributed by atoms with Crippen LogP contribution in [-0.2, 0) is 11.8 Å². The predicted molar refractivity (Wildman–Crippen MR) is 107 cm³/mol. The van der Waals surface area contributed by atoms with Crippen LogP contribution in [0.5, 0.6) is 5.75 Å². The molecule has 4 nitrogen and oxygen atoms in total. The van der Waals surface area contributed by atoms with E-state index in [0.717, 1.165) is 50.4 Å². The van der Waals surface area contributed by atoms with E-state index in [1.165, 1.54) is 30.5 Å². The zero-order valence-electron chi connectivity index (χ0n) is 17.1. The van der Waals surface area contributed by atoms with Gasteiger partial charge in [0.15, 0.2) is 0 Å². The molecule has 0 aromatic heterocycles. The van der Waals surface area contributed by atoms with Crippen molar-refractivity contribution in [2.24, 2.45) is 5.92 Å². The third kappa shape index (κ3) is 2.67. The highest BCUT2D eigenvalue weighted by Gasteiger charge is 2.64. The second-order valence-electron chi connectivity index (χ2n) is 10.2. The van der Waals surface area contributed by atoms with E-state index >= 15 is 0 Å². The zero-order valence-corrected chi connectivity index (χ0v) is 17.1. The summed E-state index contributed by atoms with van der Waals surface area (Å²) in [5, 5.41) is 16.2. The van der Waals surface area contributed by atoms with Crippen LogP contribution in [-0.4, -0.2) is 53.9 Å². The number of likely N-dealkylation sites (tertiary alicyclic amines) is 1. The molecule has 2 aliphatic heterocycles. The van der Waals surface area contributed by atoms with Crippen LogP contribution < -0.4 is 10.1 Å². The molecule has 0 amide bonds. The standard InChI is InChI=1S/C23H34N2O2/c1-21(2)15-23(26)20-12-17-6-7-18(27-3)13-19(17)22(23,8-10-24-21)9-11-25(20)14-16-4-5-16/h6-7,13,16,20,24,26H,4-5,8-12,14-15H2,1-3H3. The van der Waals surface area contributed by atoms with Gasteiger partial charge >= 0.3 is 0 Å². The minimum absolute atomic E-state index is 0.0479. The number of piperidine rings is 1. The number of methoxy groups -OCH3 is 1. The maximum Gasteiger partial charge on any atom is 0.119 e. The topological polar surface area (TPSA) is 44.7 Å². The van der Waals surface area contributed by atoms with Crippen LogP contribution in [0.2, 0.25) is 0 Å². The molecule has 3 fully saturated rings. The molecule has 3 unspecified atom stereocenters. The molecular weight excluding hydrogens is 336 g/mol.